The Morgan fingerprint density at radius 1 is 1.55 bits per heavy atom. The van der Waals surface area contributed by atoms with Crippen molar-refractivity contribution in [3.63, 3.8) is 0 Å². The van der Waals surface area contributed by atoms with Crippen LogP contribution in [0.1, 0.15) is 50.3 Å². The van der Waals surface area contributed by atoms with Crippen molar-refractivity contribution in [3.8, 4) is 0 Å². The monoisotopic (exact) mass is 292 g/mol. The van der Waals surface area contributed by atoms with Crippen molar-refractivity contribution in [3.05, 3.63) is 22.4 Å². The van der Waals surface area contributed by atoms with Gasteiger partial charge >= 0.3 is 0 Å². The topological polar surface area (TPSA) is 32.3 Å². The van der Waals surface area contributed by atoms with Crippen LogP contribution in [-0.2, 0) is 11.3 Å². The molecule has 1 aliphatic carbocycles. The van der Waals surface area contributed by atoms with E-state index in [-0.39, 0.29) is 5.54 Å². The normalized spacial score (nSPS) is 25.9. The summed E-state index contributed by atoms with van der Waals surface area (Å²) in [6.07, 6.45) is 6.53. The summed E-state index contributed by atoms with van der Waals surface area (Å²) < 4.78 is 0. The highest BCUT2D eigenvalue weighted by molar-refractivity contribution is 7.09. The van der Waals surface area contributed by atoms with Crippen LogP contribution in [0.3, 0.4) is 0 Å². The third-order valence-electron chi connectivity index (χ3n) is 4.48. The van der Waals surface area contributed by atoms with Gasteiger partial charge in [0.1, 0.15) is 0 Å². The van der Waals surface area contributed by atoms with Gasteiger partial charge in [-0.2, -0.15) is 0 Å². The number of thiophene rings is 1. The van der Waals surface area contributed by atoms with Crippen molar-refractivity contribution < 1.29 is 4.79 Å². The summed E-state index contributed by atoms with van der Waals surface area (Å²) in [6.45, 7) is 3.97. The SMILES string of the molecule is CCCC1(C(=O)N(Cc2cccs2)C2CC2)CCCN1. The predicted molar refractivity (Wildman–Crippen MR) is 82.8 cm³/mol. The fourth-order valence-corrected chi connectivity index (χ4v) is 4.04. The molecule has 0 bridgehead atoms. The van der Waals surface area contributed by atoms with Crippen molar-refractivity contribution in [1.82, 2.24) is 10.2 Å². The number of nitrogens with one attached hydrogen (secondary N) is 1. The summed E-state index contributed by atoms with van der Waals surface area (Å²) in [5, 5.41) is 5.62. The van der Waals surface area contributed by atoms with Crippen LogP contribution in [0.5, 0.6) is 0 Å². The van der Waals surface area contributed by atoms with Gasteiger partial charge in [-0.15, -0.1) is 11.3 Å². The Hall–Kier alpha value is -0.870. The lowest BCUT2D eigenvalue weighted by molar-refractivity contribution is -0.139. The molecule has 20 heavy (non-hydrogen) atoms. The lowest BCUT2D eigenvalue weighted by Gasteiger charge is -2.34. The zero-order chi connectivity index (χ0) is 14.0. The molecular formula is C16H24N2OS. The largest absolute Gasteiger partial charge is 0.333 e. The standard InChI is InChI=1S/C16H24N2OS/c1-2-8-16(9-4-10-17-16)15(19)18(13-6-7-13)12-14-5-3-11-20-14/h3,5,11,13,17H,2,4,6-10,12H2,1H3. The summed E-state index contributed by atoms with van der Waals surface area (Å²) in [5.41, 5.74) is -0.269. The molecule has 1 amide bonds. The maximum atomic E-state index is 13.1. The fraction of sp³-hybridized carbons (Fsp3) is 0.688. The van der Waals surface area contributed by atoms with Gasteiger partial charge in [-0.25, -0.2) is 0 Å². The quantitative estimate of drug-likeness (QED) is 0.873. The van der Waals surface area contributed by atoms with Crippen LogP contribution in [0, 0.1) is 0 Å². The molecule has 0 aromatic carbocycles. The second-order valence-electron chi connectivity index (χ2n) is 6.11. The summed E-state index contributed by atoms with van der Waals surface area (Å²) in [7, 11) is 0. The summed E-state index contributed by atoms with van der Waals surface area (Å²) in [5.74, 6) is 0.354. The Morgan fingerprint density at radius 2 is 2.40 bits per heavy atom. The minimum atomic E-state index is -0.269. The van der Waals surface area contributed by atoms with Crippen LogP contribution in [0.15, 0.2) is 17.5 Å². The van der Waals surface area contributed by atoms with Crippen molar-refractivity contribution >= 4 is 17.2 Å². The van der Waals surface area contributed by atoms with Crippen molar-refractivity contribution in [2.24, 2.45) is 0 Å². The minimum Gasteiger partial charge on any atom is -0.333 e. The Bertz CT molecular complexity index is 447. The van der Waals surface area contributed by atoms with Gasteiger partial charge in [-0.3, -0.25) is 4.79 Å². The number of hydrogen-bond donors (Lipinski definition) is 1. The third-order valence-corrected chi connectivity index (χ3v) is 5.35. The lowest BCUT2D eigenvalue weighted by atomic mass is 9.90. The number of carbonyl (C=O) groups is 1. The molecule has 2 heterocycles. The molecule has 2 aliphatic rings. The zero-order valence-corrected chi connectivity index (χ0v) is 13.0. The Labute approximate surface area is 125 Å². The van der Waals surface area contributed by atoms with E-state index in [1.807, 2.05) is 0 Å². The molecule has 1 atom stereocenters. The number of hydrogen-bond acceptors (Lipinski definition) is 3. The van der Waals surface area contributed by atoms with E-state index in [1.54, 1.807) is 11.3 Å². The van der Waals surface area contributed by atoms with Gasteiger partial charge in [0.05, 0.1) is 12.1 Å². The molecule has 1 aromatic rings. The summed E-state index contributed by atoms with van der Waals surface area (Å²) in [4.78, 5) is 16.6. The van der Waals surface area contributed by atoms with E-state index in [0.717, 1.165) is 38.8 Å². The van der Waals surface area contributed by atoms with Crippen LogP contribution in [0.2, 0.25) is 0 Å². The molecule has 1 unspecified atom stereocenters. The first-order valence-corrected chi connectivity index (χ1v) is 8.71. The van der Waals surface area contributed by atoms with Gasteiger partial charge in [0.25, 0.3) is 0 Å². The molecular weight excluding hydrogens is 268 g/mol. The maximum Gasteiger partial charge on any atom is 0.243 e. The highest BCUT2D eigenvalue weighted by Gasteiger charge is 2.46. The molecule has 1 saturated heterocycles. The van der Waals surface area contributed by atoms with Crippen LogP contribution < -0.4 is 5.32 Å². The number of amides is 1. The Balaban J connectivity index is 1.77. The molecule has 3 rings (SSSR count). The van der Waals surface area contributed by atoms with E-state index >= 15 is 0 Å². The average molecular weight is 292 g/mol. The predicted octanol–water partition coefficient (Wildman–Crippen LogP) is 3.16. The number of carbonyl (C=O) groups excluding carboxylic acids is 1. The van der Waals surface area contributed by atoms with Crippen LogP contribution in [0.25, 0.3) is 0 Å². The Morgan fingerprint density at radius 3 is 2.95 bits per heavy atom. The molecule has 1 aliphatic heterocycles. The summed E-state index contributed by atoms with van der Waals surface area (Å²) >= 11 is 1.75. The first kappa shape index (κ1) is 14.1. The van der Waals surface area contributed by atoms with E-state index in [1.165, 1.54) is 17.7 Å². The molecule has 4 heteroatoms. The van der Waals surface area contributed by atoms with E-state index in [9.17, 15) is 4.79 Å². The second kappa shape index (κ2) is 5.86. The Kier molecular flexibility index (Phi) is 4.13. The van der Waals surface area contributed by atoms with Crippen molar-refractivity contribution in [1.29, 1.82) is 0 Å². The van der Waals surface area contributed by atoms with Crippen molar-refractivity contribution in [2.75, 3.05) is 6.54 Å². The second-order valence-corrected chi connectivity index (χ2v) is 7.14. The molecule has 2 fully saturated rings. The molecule has 1 N–H and O–H groups in total. The zero-order valence-electron chi connectivity index (χ0n) is 12.2. The van der Waals surface area contributed by atoms with Gasteiger partial charge in [-0.05, 0) is 50.1 Å². The number of rotatable bonds is 6. The first-order valence-electron chi connectivity index (χ1n) is 7.84. The highest BCUT2D eigenvalue weighted by Crippen LogP contribution is 2.35. The van der Waals surface area contributed by atoms with E-state index in [4.69, 9.17) is 0 Å². The molecule has 1 aromatic heterocycles. The third kappa shape index (κ3) is 2.77. The van der Waals surface area contributed by atoms with Crippen LogP contribution >= 0.6 is 11.3 Å². The summed E-state index contributed by atoms with van der Waals surface area (Å²) in [6, 6.07) is 4.70. The molecule has 0 radical (unpaired) electrons. The fourth-order valence-electron chi connectivity index (χ4n) is 3.33. The molecule has 3 nitrogen and oxygen atoms in total. The van der Waals surface area contributed by atoms with Gasteiger partial charge in [0.15, 0.2) is 0 Å². The van der Waals surface area contributed by atoms with E-state index in [0.29, 0.717) is 11.9 Å². The minimum absolute atomic E-state index is 0.269. The smallest absolute Gasteiger partial charge is 0.243 e. The lowest BCUT2D eigenvalue weighted by Crippen LogP contribution is -2.55. The molecule has 110 valence electrons. The van der Waals surface area contributed by atoms with Crippen LogP contribution in [0.4, 0.5) is 0 Å². The first-order chi connectivity index (χ1) is 9.75. The van der Waals surface area contributed by atoms with Gasteiger partial charge in [0, 0.05) is 10.9 Å². The highest BCUT2D eigenvalue weighted by atomic mass is 32.1. The average Bonchev–Trinajstić information content (AvgIpc) is 2.97. The molecule has 0 spiro atoms. The van der Waals surface area contributed by atoms with Gasteiger partial charge in [-0.1, -0.05) is 19.4 Å². The van der Waals surface area contributed by atoms with Crippen molar-refractivity contribution in [2.45, 2.75) is 63.6 Å². The number of nitrogens with zero attached hydrogens (tertiary/aromatic N) is 1. The van der Waals surface area contributed by atoms with Crippen LogP contribution in [-0.4, -0.2) is 28.9 Å². The van der Waals surface area contributed by atoms with E-state index in [2.05, 4.69) is 34.7 Å². The van der Waals surface area contributed by atoms with E-state index < -0.39 is 0 Å². The maximum absolute atomic E-state index is 13.1. The van der Waals surface area contributed by atoms with Gasteiger partial charge in [0.2, 0.25) is 5.91 Å². The van der Waals surface area contributed by atoms with Gasteiger partial charge < -0.3 is 10.2 Å². The molecule has 1 saturated carbocycles.